The molecule has 0 aromatic rings. The highest BCUT2D eigenvalue weighted by Gasteiger charge is 2.25. The van der Waals surface area contributed by atoms with Crippen LogP contribution in [0.2, 0.25) is 0 Å². The Labute approximate surface area is 122 Å². The molecule has 2 aliphatic heterocycles. The molecule has 0 aromatic heterocycles. The molecule has 2 rings (SSSR count). The summed E-state index contributed by atoms with van der Waals surface area (Å²) in [6.07, 6.45) is 5.63. The minimum Gasteiger partial charge on any atom is -0.356 e. The van der Waals surface area contributed by atoms with E-state index < -0.39 is 10.0 Å². The van der Waals surface area contributed by atoms with Crippen LogP contribution in [-0.4, -0.2) is 69.6 Å². The van der Waals surface area contributed by atoms with Gasteiger partial charge in [0.1, 0.15) is 0 Å². The lowest BCUT2D eigenvalue weighted by molar-refractivity contribution is 0.273. The molecule has 7 heteroatoms. The van der Waals surface area contributed by atoms with Crippen LogP contribution in [0.4, 0.5) is 0 Å². The van der Waals surface area contributed by atoms with Gasteiger partial charge in [0.25, 0.3) is 0 Å². The van der Waals surface area contributed by atoms with Gasteiger partial charge in [0.2, 0.25) is 10.0 Å². The molecule has 0 amide bonds. The maximum atomic E-state index is 11.5. The van der Waals surface area contributed by atoms with E-state index >= 15 is 0 Å². The van der Waals surface area contributed by atoms with Crippen LogP contribution in [0.25, 0.3) is 0 Å². The molecule has 0 saturated carbocycles. The fourth-order valence-corrected chi connectivity index (χ4v) is 3.82. The first-order chi connectivity index (χ1) is 9.50. The molecule has 0 radical (unpaired) electrons. The normalized spacial score (nSPS) is 23.3. The van der Waals surface area contributed by atoms with Crippen LogP contribution in [-0.2, 0) is 10.0 Å². The smallest absolute Gasteiger partial charge is 0.211 e. The van der Waals surface area contributed by atoms with Crippen LogP contribution < -0.4 is 5.32 Å². The summed E-state index contributed by atoms with van der Waals surface area (Å²) in [7, 11) is -1.19. The highest BCUT2D eigenvalue weighted by atomic mass is 32.2. The number of piperidine rings is 1. The lowest BCUT2D eigenvalue weighted by Gasteiger charge is -2.31. The first kappa shape index (κ1) is 15.6. The zero-order chi connectivity index (χ0) is 14.6. The van der Waals surface area contributed by atoms with E-state index in [9.17, 15) is 8.42 Å². The second-order valence-corrected chi connectivity index (χ2v) is 7.71. The van der Waals surface area contributed by atoms with Gasteiger partial charge in [0.05, 0.1) is 6.26 Å². The van der Waals surface area contributed by atoms with E-state index in [1.807, 2.05) is 7.05 Å². The number of hydrogen-bond donors (Lipinski definition) is 1. The largest absolute Gasteiger partial charge is 0.356 e. The van der Waals surface area contributed by atoms with Gasteiger partial charge < -0.3 is 10.2 Å². The first-order valence-corrected chi connectivity index (χ1v) is 9.26. The van der Waals surface area contributed by atoms with Gasteiger partial charge in [0, 0.05) is 39.8 Å². The summed E-state index contributed by atoms with van der Waals surface area (Å²) in [4.78, 5) is 6.63. The maximum absolute atomic E-state index is 11.5. The van der Waals surface area contributed by atoms with Gasteiger partial charge in [-0.25, -0.2) is 12.7 Å². The molecule has 0 aromatic carbocycles. The predicted molar refractivity (Wildman–Crippen MR) is 81.3 cm³/mol. The molecule has 2 fully saturated rings. The fraction of sp³-hybridized carbons (Fsp3) is 0.923. The number of nitrogens with one attached hydrogen (secondary N) is 1. The average Bonchev–Trinajstić information content (AvgIpc) is 2.93. The SMILES string of the molecule is CN=C(NCC1CCN(S(C)(=O)=O)CC1)N1CCCC1. The molecule has 6 nitrogen and oxygen atoms in total. The molecule has 0 aliphatic carbocycles. The highest BCUT2D eigenvalue weighted by Crippen LogP contribution is 2.18. The van der Waals surface area contributed by atoms with E-state index in [1.54, 1.807) is 4.31 Å². The van der Waals surface area contributed by atoms with Crippen molar-refractivity contribution in [3.63, 3.8) is 0 Å². The lowest BCUT2D eigenvalue weighted by atomic mass is 9.98. The molecular formula is C13H26N4O2S. The second kappa shape index (κ2) is 6.76. The topological polar surface area (TPSA) is 65.0 Å². The lowest BCUT2D eigenvalue weighted by Crippen LogP contribution is -2.44. The number of aliphatic imine (C=N–C) groups is 1. The van der Waals surface area contributed by atoms with E-state index in [2.05, 4.69) is 15.2 Å². The predicted octanol–water partition coefficient (Wildman–Crippen LogP) is 0.329. The molecule has 0 spiro atoms. The van der Waals surface area contributed by atoms with Crippen molar-refractivity contribution in [1.82, 2.24) is 14.5 Å². The van der Waals surface area contributed by atoms with E-state index in [0.717, 1.165) is 38.4 Å². The second-order valence-electron chi connectivity index (χ2n) is 5.73. The van der Waals surface area contributed by atoms with Crippen LogP contribution in [0.15, 0.2) is 4.99 Å². The van der Waals surface area contributed by atoms with Gasteiger partial charge >= 0.3 is 0 Å². The van der Waals surface area contributed by atoms with Gasteiger partial charge in [0.15, 0.2) is 5.96 Å². The maximum Gasteiger partial charge on any atom is 0.211 e. The third-order valence-corrected chi connectivity index (χ3v) is 5.51. The Balaban J connectivity index is 1.75. The quantitative estimate of drug-likeness (QED) is 0.603. The molecule has 2 heterocycles. The molecule has 116 valence electrons. The number of guanidine groups is 1. The summed E-state index contributed by atoms with van der Waals surface area (Å²) < 4.78 is 24.5. The Hall–Kier alpha value is -0.820. The standard InChI is InChI=1S/C13H26N4O2S/c1-14-13(16-7-3-4-8-16)15-11-12-5-9-17(10-6-12)20(2,18)19/h12H,3-11H2,1-2H3,(H,14,15). The molecule has 1 N–H and O–H groups in total. The molecule has 0 bridgehead atoms. The summed E-state index contributed by atoms with van der Waals surface area (Å²) in [6, 6.07) is 0. The molecule has 0 unspecified atom stereocenters. The van der Waals surface area contributed by atoms with Gasteiger partial charge in [-0.1, -0.05) is 0 Å². The van der Waals surface area contributed by atoms with E-state index in [0.29, 0.717) is 19.0 Å². The van der Waals surface area contributed by atoms with E-state index in [1.165, 1.54) is 19.1 Å². The third kappa shape index (κ3) is 4.09. The third-order valence-electron chi connectivity index (χ3n) is 4.21. The van der Waals surface area contributed by atoms with Crippen molar-refractivity contribution >= 4 is 16.0 Å². The monoisotopic (exact) mass is 302 g/mol. The first-order valence-electron chi connectivity index (χ1n) is 7.41. The van der Waals surface area contributed by atoms with Crippen LogP contribution >= 0.6 is 0 Å². The van der Waals surface area contributed by atoms with Crippen molar-refractivity contribution in [2.24, 2.45) is 10.9 Å². The minimum atomic E-state index is -3.02. The van der Waals surface area contributed by atoms with Crippen molar-refractivity contribution in [2.45, 2.75) is 25.7 Å². The van der Waals surface area contributed by atoms with Crippen molar-refractivity contribution in [3.05, 3.63) is 0 Å². The molecular weight excluding hydrogens is 276 g/mol. The minimum absolute atomic E-state index is 0.535. The Morgan fingerprint density at radius 1 is 1.20 bits per heavy atom. The van der Waals surface area contributed by atoms with Crippen LogP contribution in [0.1, 0.15) is 25.7 Å². The highest BCUT2D eigenvalue weighted by molar-refractivity contribution is 7.88. The Morgan fingerprint density at radius 3 is 2.30 bits per heavy atom. The fourth-order valence-electron chi connectivity index (χ4n) is 2.94. The van der Waals surface area contributed by atoms with Crippen molar-refractivity contribution < 1.29 is 8.42 Å². The zero-order valence-corrected chi connectivity index (χ0v) is 13.3. The van der Waals surface area contributed by atoms with Crippen LogP contribution in [0, 0.1) is 5.92 Å². The Kier molecular flexibility index (Phi) is 5.26. The Bertz CT molecular complexity index is 435. The number of hydrogen-bond acceptors (Lipinski definition) is 3. The number of sulfonamides is 1. The number of rotatable bonds is 3. The molecule has 20 heavy (non-hydrogen) atoms. The molecule has 2 saturated heterocycles. The van der Waals surface area contributed by atoms with E-state index in [-0.39, 0.29) is 0 Å². The molecule has 0 atom stereocenters. The molecule has 2 aliphatic rings. The van der Waals surface area contributed by atoms with Crippen molar-refractivity contribution in [3.8, 4) is 0 Å². The summed E-state index contributed by atoms with van der Waals surface area (Å²) in [5.41, 5.74) is 0. The summed E-state index contributed by atoms with van der Waals surface area (Å²) in [6.45, 7) is 4.36. The van der Waals surface area contributed by atoms with Crippen molar-refractivity contribution in [1.29, 1.82) is 0 Å². The van der Waals surface area contributed by atoms with Gasteiger partial charge in [-0.15, -0.1) is 0 Å². The summed E-state index contributed by atoms with van der Waals surface area (Å²) in [5, 5.41) is 3.44. The van der Waals surface area contributed by atoms with Crippen LogP contribution in [0.5, 0.6) is 0 Å². The van der Waals surface area contributed by atoms with Gasteiger partial charge in [-0.05, 0) is 31.6 Å². The average molecular weight is 302 g/mol. The van der Waals surface area contributed by atoms with Crippen molar-refractivity contribution in [2.75, 3.05) is 46.0 Å². The van der Waals surface area contributed by atoms with Gasteiger partial charge in [-0.3, -0.25) is 4.99 Å². The number of likely N-dealkylation sites (tertiary alicyclic amines) is 1. The summed E-state index contributed by atoms with van der Waals surface area (Å²) in [5.74, 6) is 1.53. The Morgan fingerprint density at radius 2 is 1.80 bits per heavy atom. The summed E-state index contributed by atoms with van der Waals surface area (Å²) >= 11 is 0. The zero-order valence-electron chi connectivity index (χ0n) is 12.5. The number of nitrogens with zero attached hydrogens (tertiary/aromatic N) is 3. The van der Waals surface area contributed by atoms with Crippen LogP contribution in [0.3, 0.4) is 0 Å². The van der Waals surface area contributed by atoms with E-state index in [4.69, 9.17) is 0 Å². The van der Waals surface area contributed by atoms with Gasteiger partial charge in [-0.2, -0.15) is 0 Å².